The van der Waals surface area contributed by atoms with Gasteiger partial charge in [-0.05, 0) is 35.7 Å². The van der Waals surface area contributed by atoms with Crippen LogP contribution in [0.5, 0.6) is 0 Å². The molecule has 2 nitrogen and oxygen atoms in total. The summed E-state index contributed by atoms with van der Waals surface area (Å²) in [6.07, 6.45) is 1.19. The van der Waals surface area contributed by atoms with Crippen molar-refractivity contribution in [2.45, 2.75) is 4.90 Å². The number of rotatable bonds is 2. The van der Waals surface area contributed by atoms with Gasteiger partial charge in [0.15, 0.2) is 9.84 Å². The molecule has 0 N–H and O–H groups in total. The molecule has 0 atom stereocenters. The van der Waals surface area contributed by atoms with Crippen LogP contribution in [0.3, 0.4) is 0 Å². The van der Waals surface area contributed by atoms with Crippen molar-refractivity contribution in [3.05, 3.63) is 61.0 Å². The van der Waals surface area contributed by atoms with E-state index in [0.717, 1.165) is 11.1 Å². The van der Waals surface area contributed by atoms with Crippen LogP contribution < -0.4 is 0 Å². The van der Waals surface area contributed by atoms with Crippen LogP contribution in [0.15, 0.2) is 53.4 Å². The van der Waals surface area contributed by atoms with Crippen molar-refractivity contribution in [1.82, 2.24) is 0 Å². The molecule has 0 spiro atoms. The molecule has 0 amide bonds. The van der Waals surface area contributed by atoms with Crippen molar-refractivity contribution in [2.24, 2.45) is 0 Å². The van der Waals surface area contributed by atoms with Crippen LogP contribution in [-0.2, 0) is 9.84 Å². The topological polar surface area (TPSA) is 34.1 Å². The predicted octanol–water partition coefficient (Wildman–Crippen LogP) is 2.94. The molecule has 1 radical (unpaired) electrons. The molecule has 17 heavy (non-hydrogen) atoms. The third-order valence-electron chi connectivity index (χ3n) is 2.57. The summed E-state index contributed by atoms with van der Waals surface area (Å²) in [5, 5.41) is 0. The van der Waals surface area contributed by atoms with E-state index in [9.17, 15) is 8.42 Å². The monoisotopic (exact) mass is 245 g/mol. The molecule has 0 aliphatic heterocycles. The first-order chi connectivity index (χ1) is 7.98. The van der Waals surface area contributed by atoms with E-state index < -0.39 is 9.84 Å². The molecule has 0 aliphatic carbocycles. The van der Waals surface area contributed by atoms with Crippen LogP contribution in [0.25, 0.3) is 11.1 Å². The van der Waals surface area contributed by atoms with Gasteiger partial charge in [0.2, 0.25) is 0 Å². The molecule has 3 heteroatoms. The lowest BCUT2D eigenvalue weighted by Gasteiger charge is -2.07. The summed E-state index contributed by atoms with van der Waals surface area (Å²) in [5.41, 5.74) is 2.56. The molecule has 2 aromatic rings. The number of benzene rings is 2. The second-order valence-electron chi connectivity index (χ2n) is 3.96. The summed E-state index contributed by atoms with van der Waals surface area (Å²) in [6.45, 7) is 3.79. The Balaban J connectivity index is 2.53. The summed E-state index contributed by atoms with van der Waals surface area (Å²) in [6, 6.07) is 15.0. The average Bonchev–Trinajstić information content (AvgIpc) is 2.28. The summed E-state index contributed by atoms with van der Waals surface area (Å²) in [5.74, 6) is 0. The summed E-state index contributed by atoms with van der Waals surface area (Å²) in [7, 11) is -3.19. The fourth-order valence-corrected chi connectivity index (χ4v) is 2.60. The van der Waals surface area contributed by atoms with Gasteiger partial charge in [-0.1, -0.05) is 36.4 Å². The van der Waals surface area contributed by atoms with Crippen LogP contribution >= 0.6 is 0 Å². The first-order valence-electron chi connectivity index (χ1n) is 5.20. The highest BCUT2D eigenvalue weighted by molar-refractivity contribution is 7.90. The third kappa shape index (κ3) is 2.56. The van der Waals surface area contributed by atoms with E-state index in [1.54, 1.807) is 18.2 Å². The molecule has 2 rings (SSSR count). The van der Waals surface area contributed by atoms with E-state index in [-0.39, 0.29) is 4.90 Å². The first-order valence-corrected chi connectivity index (χ1v) is 7.09. The van der Waals surface area contributed by atoms with Crippen molar-refractivity contribution >= 4 is 9.84 Å². The molecule has 0 saturated heterocycles. The molecule has 2 aromatic carbocycles. The van der Waals surface area contributed by atoms with Crippen LogP contribution in [-0.4, -0.2) is 14.7 Å². The molecule has 0 saturated carbocycles. The van der Waals surface area contributed by atoms with Gasteiger partial charge in [-0.15, -0.1) is 0 Å². The third-order valence-corrected chi connectivity index (χ3v) is 3.76. The highest BCUT2D eigenvalue weighted by Crippen LogP contribution is 2.24. The summed E-state index contributed by atoms with van der Waals surface area (Å²) in [4.78, 5) is 0.289. The van der Waals surface area contributed by atoms with Crippen LogP contribution in [0.4, 0.5) is 0 Å². The van der Waals surface area contributed by atoms with Gasteiger partial charge in [-0.3, -0.25) is 0 Å². The average molecular weight is 245 g/mol. The Morgan fingerprint density at radius 1 is 0.941 bits per heavy atom. The Bertz CT molecular complexity index is 629. The largest absolute Gasteiger partial charge is 0.224 e. The Hall–Kier alpha value is -1.61. The molecule has 0 aliphatic rings. The molecule has 0 aromatic heterocycles. The molecular formula is C14H13O2S. The van der Waals surface area contributed by atoms with Crippen molar-refractivity contribution in [3.8, 4) is 11.1 Å². The number of sulfone groups is 1. The van der Waals surface area contributed by atoms with Crippen molar-refractivity contribution in [3.63, 3.8) is 0 Å². The lowest BCUT2D eigenvalue weighted by molar-refractivity contribution is 0.601. The van der Waals surface area contributed by atoms with Gasteiger partial charge in [-0.25, -0.2) is 8.42 Å². The Labute approximate surface area is 102 Å². The van der Waals surface area contributed by atoms with Gasteiger partial charge in [0.25, 0.3) is 0 Å². The number of hydrogen-bond donors (Lipinski definition) is 0. The highest BCUT2D eigenvalue weighted by atomic mass is 32.2. The smallest absolute Gasteiger partial charge is 0.175 e. The molecular weight excluding hydrogens is 232 g/mol. The van der Waals surface area contributed by atoms with Crippen LogP contribution in [0, 0.1) is 6.92 Å². The zero-order chi connectivity index (χ0) is 12.5. The normalized spacial score (nSPS) is 11.4. The van der Waals surface area contributed by atoms with Gasteiger partial charge < -0.3 is 0 Å². The van der Waals surface area contributed by atoms with E-state index in [4.69, 9.17) is 0 Å². The molecule has 0 bridgehead atoms. The van der Waals surface area contributed by atoms with Crippen molar-refractivity contribution in [1.29, 1.82) is 0 Å². The first kappa shape index (κ1) is 11.9. The van der Waals surface area contributed by atoms with E-state index >= 15 is 0 Å². The van der Waals surface area contributed by atoms with E-state index in [2.05, 4.69) is 6.92 Å². The van der Waals surface area contributed by atoms with E-state index in [0.29, 0.717) is 5.56 Å². The Morgan fingerprint density at radius 2 is 1.59 bits per heavy atom. The minimum atomic E-state index is -3.19. The lowest BCUT2D eigenvalue weighted by atomic mass is 10.0. The van der Waals surface area contributed by atoms with Gasteiger partial charge in [0, 0.05) is 6.26 Å². The van der Waals surface area contributed by atoms with Crippen LogP contribution in [0.1, 0.15) is 5.56 Å². The van der Waals surface area contributed by atoms with Gasteiger partial charge in [0.05, 0.1) is 4.90 Å². The van der Waals surface area contributed by atoms with E-state index in [1.165, 1.54) is 6.26 Å². The highest BCUT2D eigenvalue weighted by Gasteiger charge is 2.11. The zero-order valence-electron chi connectivity index (χ0n) is 9.55. The van der Waals surface area contributed by atoms with Crippen LogP contribution in [0.2, 0.25) is 0 Å². The second kappa shape index (κ2) is 4.34. The fraction of sp³-hybridized carbons (Fsp3) is 0.0714. The SMILES string of the molecule is [CH2]c1cc(-c2ccccc2)ccc1S(C)(=O)=O. The maximum absolute atomic E-state index is 11.5. The standard InChI is InChI=1S/C14H13O2S/c1-11-10-13(12-6-4-3-5-7-12)8-9-14(11)17(2,15)16/h3-10H,1H2,2H3. The maximum Gasteiger partial charge on any atom is 0.175 e. The predicted molar refractivity (Wildman–Crippen MR) is 69.4 cm³/mol. The molecule has 0 heterocycles. The molecule has 87 valence electrons. The summed E-state index contributed by atoms with van der Waals surface area (Å²) >= 11 is 0. The summed E-state index contributed by atoms with van der Waals surface area (Å²) < 4.78 is 22.9. The van der Waals surface area contributed by atoms with E-state index in [1.807, 2.05) is 30.3 Å². The minimum absolute atomic E-state index is 0.289. The zero-order valence-corrected chi connectivity index (χ0v) is 10.4. The number of hydrogen-bond acceptors (Lipinski definition) is 2. The van der Waals surface area contributed by atoms with Gasteiger partial charge >= 0.3 is 0 Å². The van der Waals surface area contributed by atoms with Gasteiger partial charge in [0.1, 0.15) is 0 Å². The Kier molecular flexibility index (Phi) is 3.03. The van der Waals surface area contributed by atoms with Crippen molar-refractivity contribution < 1.29 is 8.42 Å². The second-order valence-corrected chi connectivity index (χ2v) is 5.94. The fourth-order valence-electron chi connectivity index (χ4n) is 1.75. The maximum atomic E-state index is 11.5. The quantitative estimate of drug-likeness (QED) is 0.815. The molecule has 0 fully saturated rings. The van der Waals surface area contributed by atoms with Crippen molar-refractivity contribution in [2.75, 3.05) is 6.26 Å². The molecule has 0 unspecified atom stereocenters. The lowest BCUT2D eigenvalue weighted by Crippen LogP contribution is -1.99. The minimum Gasteiger partial charge on any atom is -0.224 e. The Morgan fingerprint density at radius 3 is 2.12 bits per heavy atom. The van der Waals surface area contributed by atoms with Gasteiger partial charge in [-0.2, -0.15) is 0 Å².